The lowest BCUT2D eigenvalue weighted by Crippen LogP contribution is -2.16. The molecule has 162 valence electrons. The van der Waals surface area contributed by atoms with Crippen LogP contribution in [0.15, 0.2) is 52.9 Å². The van der Waals surface area contributed by atoms with E-state index in [1.165, 1.54) is 29.5 Å². The Bertz CT molecular complexity index is 1410. The number of aliphatic carboxylic acids is 1. The molecule has 2 aromatic carbocycles. The number of alkyl halides is 3. The number of aryl methyl sites for hydroxylation is 1. The van der Waals surface area contributed by atoms with E-state index in [0.29, 0.717) is 10.2 Å². The molecular formula is C20H15F3N2O4S2. The number of hydrogen-bond donors (Lipinski definition) is 1. The van der Waals surface area contributed by atoms with Gasteiger partial charge in [0.15, 0.2) is 0 Å². The number of carboxylic acid groups (broad SMARTS) is 1. The number of halogens is 3. The minimum atomic E-state index is -4.57. The summed E-state index contributed by atoms with van der Waals surface area (Å²) in [5.74, 6) is -1.04. The Morgan fingerprint density at radius 2 is 1.90 bits per heavy atom. The van der Waals surface area contributed by atoms with Crippen LogP contribution in [0.4, 0.5) is 13.2 Å². The highest BCUT2D eigenvalue weighted by atomic mass is 32.2. The lowest BCUT2D eigenvalue weighted by atomic mass is 10.1. The standard InChI is InChI=1S/C20H15F3N2O4S2/c21-20(22,23)13-4-7-17-12(8-13)9-14(2-1-3-19(26)27)25(17)31(28,29)15-5-6-16-18(10-15)30-11-24-16/h4-11H,1-3H2,(H,26,27). The second kappa shape index (κ2) is 7.65. The average Bonchev–Trinajstić information content (AvgIpc) is 3.30. The number of nitrogens with zero attached hydrogens (tertiary/aromatic N) is 2. The zero-order chi connectivity index (χ0) is 22.4. The van der Waals surface area contributed by atoms with Crippen molar-refractivity contribution in [2.45, 2.75) is 30.3 Å². The molecule has 0 saturated heterocycles. The van der Waals surface area contributed by atoms with Crippen molar-refractivity contribution in [3.8, 4) is 0 Å². The lowest BCUT2D eigenvalue weighted by Gasteiger charge is -2.13. The van der Waals surface area contributed by atoms with Gasteiger partial charge in [0.05, 0.1) is 31.7 Å². The molecule has 0 radical (unpaired) electrons. The highest BCUT2D eigenvalue weighted by Gasteiger charge is 2.32. The van der Waals surface area contributed by atoms with Gasteiger partial charge in [0, 0.05) is 17.5 Å². The van der Waals surface area contributed by atoms with E-state index in [1.807, 2.05) is 0 Å². The first-order chi connectivity index (χ1) is 14.6. The van der Waals surface area contributed by atoms with Crippen LogP contribution < -0.4 is 0 Å². The second-order valence-corrected chi connectivity index (χ2v) is 9.58. The Kier molecular flexibility index (Phi) is 5.26. The maximum Gasteiger partial charge on any atom is 0.416 e. The molecule has 0 amide bonds. The maximum atomic E-state index is 13.5. The number of fused-ring (bicyclic) bond motifs is 2. The molecule has 0 saturated carbocycles. The fourth-order valence-corrected chi connectivity index (χ4v) is 5.79. The SMILES string of the molecule is O=C(O)CCCc1cc2cc(C(F)(F)F)ccc2n1S(=O)(=O)c1ccc2ncsc2c1. The van der Waals surface area contributed by atoms with Gasteiger partial charge in [-0.25, -0.2) is 17.4 Å². The largest absolute Gasteiger partial charge is 0.481 e. The van der Waals surface area contributed by atoms with Crippen molar-refractivity contribution in [1.29, 1.82) is 0 Å². The lowest BCUT2D eigenvalue weighted by molar-refractivity contribution is -0.138. The second-order valence-electron chi connectivity index (χ2n) is 6.91. The molecule has 4 aromatic rings. The summed E-state index contributed by atoms with van der Waals surface area (Å²) in [5, 5.41) is 9.00. The summed E-state index contributed by atoms with van der Waals surface area (Å²) in [6, 6.07) is 8.66. The number of carbonyl (C=O) groups is 1. The van der Waals surface area contributed by atoms with Gasteiger partial charge >= 0.3 is 12.1 Å². The van der Waals surface area contributed by atoms with Gasteiger partial charge in [-0.2, -0.15) is 13.2 Å². The van der Waals surface area contributed by atoms with Crippen LogP contribution in [0.5, 0.6) is 0 Å². The monoisotopic (exact) mass is 468 g/mol. The zero-order valence-electron chi connectivity index (χ0n) is 15.8. The summed E-state index contributed by atoms with van der Waals surface area (Å²) in [6.07, 6.45) is -4.55. The van der Waals surface area contributed by atoms with Crippen molar-refractivity contribution in [1.82, 2.24) is 8.96 Å². The molecule has 2 aromatic heterocycles. The summed E-state index contributed by atoms with van der Waals surface area (Å²) in [4.78, 5) is 15.0. The molecule has 0 fully saturated rings. The number of benzene rings is 2. The molecule has 4 rings (SSSR count). The van der Waals surface area contributed by atoms with Gasteiger partial charge in [0.1, 0.15) is 0 Å². The van der Waals surface area contributed by atoms with Crippen LogP contribution in [-0.2, 0) is 27.4 Å². The van der Waals surface area contributed by atoms with E-state index in [2.05, 4.69) is 4.98 Å². The molecule has 0 bridgehead atoms. The first-order valence-corrected chi connectivity index (χ1v) is 11.4. The van der Waals surface area contributed by atoms with E-state index in [4.69, 9.17) is 5.11 Å². The Labute approximate surface area is 178 Å². The van der Waals surface area contributed by atoms with Crippen molar-refractivity contribution in [3.05, 3.63) is 59.2 Å². The Morgan fingerprint density at radius 1 is 1.13 bits per heavy atom. The van der Waals surface area contributed by atoms with Gasteiger partial charge in [-0.15, -0.1) is 11.3 Å². The minimum Gasteiger partial charge on any atom is -0.481 e. The van der Waals surface area contributed by atoms with Crippen LogP contribution in [0.2, 0.25) is 0 Å². The van der Waals surface area contributed by atoms with Crippen LogP contribution in [0, 0.1) is 0 Å². The molecule has 0 aliphatic heterocycles. The number of rotatable bonds is 6. The highest BCUT2D eigenvalue weighted by Crippen LogP contribution is 2.34. The Balaban J connectivity index is 1.89. The Hall–Kier alpha value is -2.92. The number of thiazole rings is 1. The molecular weight excluding hydrogens is 453 g/mol. The van der Waals surface area contributed by atoms with Gasteiger partial charge in [-0.1, -0.05) is 0 Å². The first-order valence-electron chi connectivity index (χ1n) is 9.09. The molecule has 0 aliphatic carbocycles. The van der Waals surface area contributed by atoms with Crippen LogP contribution in [-0.4, -0.2) is 28.5 Å². The van der Waals surface area contributed by atoms with E-state index in [0.717, 1.165) is 22.2 Å². The van der Waals surface area contributed by atoms with Crippen LogP contribution in [0.3, 0.4) is 0 Å². The van der Waals surface area contributed by atoms with Crippen molar-refractivity contribution in [3.63, 3.8) is 0 Å². The fourth-order valence-electron chi connectivity index (χ4n) is 3.40. The van der Waals surface area contributed by atoms with E-state index in [-0.39, 0.29) is 40.8 Å². The molecule has 11 heteroatoms. The molecule has 0 spiro atoms. The summed E-state index contributed by atoms with van der Waals surface area (Å²) >= 11 is 1.27. The molecule has 2 heterocycles. The quantitative estimate of drug-likeness (QED) is 0.434. The molecule has 1 N–H and O–H groups in total. The molecule has 31 heavy (non-hydrogen) atoms. The van der Waals surface area contributed by atoms with Gasteiger partial charge in [-0.05, 0) is 55.3 Å². The third-order valence-electron chi connectivity index (χ3n) is 4.82. The van der Waals surface area contributed by atoms with Crippen LogP contribution in [0.25, 0.3) is 21.1 Å². The Morgan fingerprint density at radius 3 is 2.61 bits per heavy atom. The van der Waals surface area contributed by atoms with E-state index >= 15 is 0 Å². The zero-order valence-corrected chi connectivity index (χ0v) is 17.4. The smallest absolute Gasteiger partial charge is 0.416 e. The number of carboxylic acids is 1. The van der Waals surface area contributed by atoms with Crippen molar-refractivity contribution < 1.29 is 31.5 Å². The van der Waals surface area contributed by atoms with Crippen LogP contribution >= 0.6 is 11.3 Å². The topological polar surface area (TPSA) is 89.3 Å². The van der Waals surface area contributed by atoms with Crippen LogP contribution in [0.1, 0.15) is 24.1 Å². The van der Waals surface area contributed by atoms with Gasteiger partial charge in [-0.3, -0.25) is 4.79 Å². The predicted octanol–water partition coefficient (Wildman–Crippen LogP) is 4.91. The third kappa shape index (κ3) is 4.02. The summed E-state index contributed by atoms with van der Waals surface area (Å²) in [5.41, 5.74) is 1.65. The molecule has 0 atom stereocenters. The molecule has 0 unspecified atom stereocenters. The predicted molar refractivity (Wildman–Crippen MR) is 110 cm³/mol. The third-order valence-corrected chi connectivity index (χ3v) is 7.37. The van der Waals surface area contributed by atoms with Gasteiger partial charge in [0.2, 0.25) is 0 Å². The summed E-state index contributed by atoms with van der Waals surface area (Å²) in [6.45, 7) is 0. The highest BCUT2D eigenvalue weighted by molar-refractivity contribution is 7.90. The van der Waals surface area contributed by atoms with Gasteiger partial charge < -0.3 is 5.11 Å². The van der Waals surface area contributed by atoms with Crippen molar-refractivity contribution >= 4 is 48.4 Å². The first kappa shape index (κ1) is 21.3. The fraction of sp³-hybridized carbons (Fsp3) is 0.200. The summed E-state index contributed by atoms with van der Waals surface area (Å²) in [7, 11) is -4.15. The molecule has 0 aliphatic rings. The normalized spacial score (nSPS) is 12.6. The minimum absolute atomic E-state index is 0.0267. The maximum absolute atomic E-state index is 13.5. The average molecular weight is 468 g/mol. The number of aromatic nitrogens is 2. The number of hydrogen-bond acceptors (Lipinski definition) is 5. The van der Waals surface area contributed by atoms with Crippen molar-refractivity contribution in [2.75, 3.05) is 0 Å². The van der Waals surface area contributed by atoms with E-state index in [1.54, 1.807) is 11.6 Å². The van der Waals surface area contributed by atoms with Crippen molar-refractivity contribution in [2.24, 2.45) is 0 Å². The van der Waals surface area contributed by atoms with E-state index < -0.39 is 27.7 Å². The van der Waals surface area contributed by atoms with Gasteiger partial charge in [0.25, 0.3) is 10.0 Å². The summed E-state index contributed by atoms with van der Waals surface area (Å²) < 4.78 is 68.0. The van der Waals surface area contributed by atoms with E-state index in [9.17, 15) is 26.4 Å². The molecule has 6 nitrogen and oxygen atoms in total.